The summed E-state index contributed by atoms with van der Waals surface area (Å²) >= 11 is 0. The van der Waals surface area contributed by atoms with E-state index in [0.29, 0.717) is 0 Å². The number of benzene rings is 3. The number of esters is 1. The minimum atomic E-state index is -1.25. The first kappa shape index (κ1) is 16.0. The van der Waals surface area contributed by atoms with Crippen molar-refractivity contribution in [3.8, 4) is 17.2 Å². The van der Waals surface area contributed by atoms with Crippen LogP contribution in [0.15, 0.2) is 72.8 Å². The van der Waals surface area contributed by atoms with Crippen molar-refractivity contribution < 1.29 is 24.1 Å². The van der Waals surface area contributed by atoms with Gasteiger partial charge in [-0.2, -0.15) is 0 Å². The van der Waals surface area contributed by atoms with Crippen LogP contribution in [0.3, 0.4) is 0 Å². The zero-order valence-electron chi connectivity index (χ0n) is 14.0. The maximum atomic E-state index is 11.8. The largest absolute Gasteiger partial charge is 0.504 e. The van der Waals surface area contributed by atoms with Crippen LogP contribution in [0.2, 0.25) is 0 Å². The molecule has 0 aromatic heterocycles. The highest BCUT2D eigenvalue weighted by molar-refractivity contribution is 5.91. The fourth-order valence-corrected chi connectivity index (χ4v) is 3.04. The predicted octanol–water partition coefficient (Wildman–Crippen LogP) is 3.85. The number of methoxy groups -OCH3 is 1. The zero-order chi connectivity index (χ0) is 18.1. The van der Waals surface area contributed by atoms with Crippen molar-refractivity contribution in [1.82, 2.24) is 0 Å². The summed E-state index contributed by atoms with van der Waals surface area (Å²) in [6, 6.07) is 21.7. The lowest BCUT2D eigenvalue weighted by molar-refractivity contribution is -0.0467. The minimum Gasteiger partial charge on any atom is -0.504 e. The highest BCUT2D eigenvalue weighted by atomic mass is 16.7. The number of carbonyl (C=O) groups excluding carboxylic acids is 1. The van der Waals surface area contributed by atoms with Crippen molar-refractivity contribution in [1.29, 1.82) is 0 Å². The van der Waals surface area contributed by atoms with E-state index in [1.54, 1.807) is 0 Å². The first-order chi connectivity index (χ1) is 12.6. The van der Waals surface area contributed by atoms with Gasteiger partial charge >= 0.3 is 11.8 Å². The molecule has 0 saturated carbocycles. The zero-order valence-corrected chi connectivity index (χ0v) is 14.0. The molecule has 5 nitrogen and oxygen atoms in total. The monoisotopic (exact) mass is 348 g/mol. The topological polar surface area (TPSA) is 65.0 Å². The van der Waals surface area contributed by atoms with E-state index >= 15 is 0 Å². The van der Waals surface area contributed by atoms with Gasteiger partial charge in [-0.1, -0.05) is 60.7 Å². The van der Waals surface area contributed by atoms with Crippen LogP contribution in [0.25, 0.3) is 0 Å². The van der Waals surface area contributed by atoms with E-state index in [1.807, 2.05) is 60.7 Å². The second-order valence-electron chi connectivity index (χ2n) is 5.87. The average Bonchev–Trinajstić information content (AvgIpc) is 3.10. The van der Waals surface area contributed by atoms with Crippen LogP contribution in [-0.4, -0.2) is 18.2 Å². The Morgan fingerprint density at radius 1 is 0.923 bits per heavy atom. The molecule has 4 rings (SSSR count). The molecule has 0 spiro atoms. The molecule has 0 amide bonds. The lowest BCUT2D eigenvalue weighted by Gasteiger charge is -2.28. The Bertz CT molecular complexity index is 911. The van der Waals surface area contributed by atoms with E-state index in [4.69, 9.17) is 14.2 Å². The summed E-state index contributed by atoms with van der Waals surface area (Å²) in [5.41, 5.74) is 1.71. The molecular formula is C21H16O5. The number of hydrogen-bond acceptors (Lipinski definition) is 5. The summed E-state index contributed by atoms with van der Waals surface area (Å²) in [6.07, 6.45) is 0. The van der Waals surface area contributed by atoms with E-state index in [-0.39, 0.29) is 22.8 Å². The fraction of sp³-hybridized carbons (Fsp3) is 0.0952. The molecule has 1 aliphatic rings. The number of rotatable bonds is 3. The Labute approximate surface area is 150 Å². The second-order valence-corrected chi connectivity index (χ2v) is 5.87. The standard InChI is InChI=1S/C21H16O5/c1-24-20(23)14-12-17(22)19-18(13-14)25-21(26-19,15-8-4-2-5-9-15)16-10-6-3-7-11-16/h2-13,22H,1H3. The Morgan fingerprint density at radius 3 is 2.04 bits per heavy atom. The van der Waals surface area contributed by atoms with E-state index in [9.17, 15) is 9.90 Å². The van der Waals surface area contributed by atoms with Gasteiger partial charge in [0.15, 0.2) is 11.5 Å². The van der Waals surface area contributed by atoms with E-state index < -0.39 is 11.8 Å². The highest BCUT2D eigenvalue weighted by Crippen LogP contribution is 2.52. The second kappa shape index (κ2) is 6.11. The third-order valence-electron chi connectivity index (χ3n) is 4.26. The SMILES string of the molecule is COC(=O)c1cc(O)c2c(c1)OC(c1ccccc1)(c1ccccc1)O2. The van der Waals surface area contributed by atoms with Gasteiger partial charge in [0.25, 0.3) is 0 Å². The van der Waals surface area contributed by atoms with Gasteiger partial charge in [0.2, 0.25) is 5.75 Å². The Kier molecular flexibility index (Phi) is 3.77. The smallest absolute Gasteiger partial charge is 0.338 e. The van der Waals surface area contributed by atoms with Gasteiger partial charge in [0.1, 0.15) is 0 Å². The van der Waals surface area contributed by atoms with Crippen molar-refractivity contribution in [2.75, 3.05) is 7.11 Å². The van der Waals surface area contributed by atoms with E-state index in [2.05, 4.69) is 0 Å². The molecule has 0 saturated heterocycles. The summed E-state index contributed by atoms with van der Waals surface area (Å²) in [5, 5.41) is 10.4. The molecule has 5 heteroatoms. The Balaban J connectivity index is 1.88. The predicted molar refractivity (Wildman–Crippen MR) is 94.4 cm³/mol. The quantitative estimate of drug-likeness (QED) is 0.728. The lowest BCUT2D eigenvalue weighted by Crippen LogP contribution is -2.36. The summed E-state index contributed by atoms with van der Waals surface area (Å²) in [7, 11) is 1.28. The van der Waals surface area contributed by atoms with Gasteiger partial charge in [-0.3, -0.25) is 0 Å². The minimum absolute atomic E-state index is 0.184. The molecule has 1 aliphatic heterocycles. The van der Waals surface area contributed by atoms with Gasteiger partial charge in [0.05, 0.1) is 12.7 Å². The van der Waals surface area contributed by atoms with Crippen molar-refractivity contribution in [3.63, 3.8) is 0 Å². The molecule has 0 unspecified atom stereocenters. The van der Waals surface area contributed by atoms with Crippen LogP contribution >= 0.6 is 0 Å². The Hall–Kier alpha value is -3.47. The molecule has 3 aromatic carbocycles. The molecule has 1 heterocycles. The van der Waals surface area contributed by atoms with E-state index in [1.165, 1.54) is 19.2 Å². The van der Waals surface area contributed by atoms with E-state index in [0.717, 1.165) is 11.1 Å². The molecule has 0 fully saturated rings. The van der Waals surface area contributed by atoms with Gasteiger partial charge in [-0.15, -0.1) is 0 Å². The number of carbonyl (C=O) groups is 1. The number of hydrogen-bond donors (Lipinski definition) is 1. The first-order valence-corrected chi connectivity index (χ1v) is 8.08. The third-order valence-corrected chi connectivity index (χ3v) is 4.26. The summed E-state index contributed by atoms with van der Waals surface area (Å²) < 4.78 is 17.1. The highest BCUT2D eigenvalue weighted by Gasteiger charge is 2.46. The summed E-state index contributed by atoms with van der Waals surface area (Å²) in [6.45, 7) is 0. The molecule has 0 bridgehead atoms. The van der Waals surface area contributed by atoms with Gasteiger partial charge in [-0.25, -0.2) is 4.79 Å². The first-order valence-electron chi connectivity index (χ1n) is 8.08. The van der Waals surface area contributed by atoms with Crippen LogP contribution in [0.5, 0.6) is 17.2 Å². The maximum absolute atomic E-state index is 11.8. The molecule has 26 heavy (non-hydrogen) atoms. The van der Waals surface area contributed by atoms with Gasteiger partial charge < -0.3 is 19.3 Å². The number of phenols is 1. The average molecular weight is 348 g/mol. The van der Waals surface area contributed by atoms with Crippen molar-refractivity contribution in [2.45, 2.75) is 5.79 Å². The number of phenolic OH excluding ortho intramolecular Hbond substituents is 1. The van der Waals surface area contributed by atoms with Crippen LogP contribution in [0.4, 0.5) is 0 Å². The Morgan fingerprint density at radius 2 is 1.50 bits per heavy atom. The van der Waals surface area contributed by atoms with Crippen molar-refractivity contribution in [3.05, 3.63) is 89.5 Å². The fourth-order valence-electron chi connectivity index (χ4n) is 3.04. The van der Waals surface area contributed by atoms with Crippen LogP contribution < -0.4 is 9.47 Å². The van der Waals surface area contributed by atoms with Crippen LogP contribution in [-0.2, 0) is 10.5 Å². The molecule has 1 N–H and O–H groups in total. The molecule has 0 aliphatic carbocycles. The summed E-state index contributed by atoms with van der Waals surface area (Å²) in [4.78, 5) is 11.8. The summed E-state index contributed by atoms with van der Waals surface area (Å²) in [5.74, 6) is -1.54. The number of aromatic hydroxyl groups is 1. The molecular weight excluding hydrogens is 332 g/mol. The van der Waals surface area contributed by atoms with Gasteiger partial charge in [0, 0.05) is 11.1 Å². The lowest BCUT2D eigenvalue weighted by atomic mass is 9.97. The number of fused-ring (bicyclic) bond motifs is 1. The van der Waals surface area contributed by atoms with Gasteiger partial charge in [-0.05, 0) is 12.1 Å². The number of ether oxygens (including phenoxy) is 3. The van der Waals surface area contributed by atoms with Crippen molar-refractivity contribution in [2.24, 2.45) is 0 Å². The maximum Gasteiger partial charge on any atom is 0.338 e. The molecule has 0 radical (unpaired) electrons. The van der Waals surface area contributed by atoms with Crippen molar-refractivity contribution >= 4 is 5.97 Å². The molecule has 130 valence electrons. The van der Waals surface area contributed by atoms with Crippen LogP contribution in [0.1, 0.15) is 21.5 Å². The molecule has 0 atom stereocenters. The third kappa shape index (κ3) is 2.45. The normalized spacial score (nSPS) is 14.0. The van der Waals surface area contributed by atoms with Crippen LogP contribution in [0, 0.1) is 0 Å². The molecule has 3 aromatic rings.